The molecule has 1 aliphatic heterocycles. The Morgan fingerprint density at radius 3 is 2.46 bits per heavy atom. The number of urea groups is 1. The second-order valence-electron chi connectivity index (χ2n) is 7.39. The number of nitrogens with one attached hydrogen (secondary N) is 2. The first-order valence-corrected chi connectivity index (χ1v) is 9.70. The van der Waals surface area contributed by atoms with Crippen LogP contribution in [-0.2, 0) is 4.74 Å². The zero-order chi connectivity index (χ0) is 17.2. The summed E-state index contributed by atoms with van der Waals surface area (Å²) in [5.74, 6) is 0. The molecule has 1 aliphatic carbocycles. The van der Waals surface area contributed by atoms with Crippen LogP contribution in [0, 0.1) is 0 Å². The Morgan fingerprint density at radius 2 is 1.79 bits per heavy atom. The fraction of sp³-hybridized carbons (Fsp3) is 0.944. The number of carbonyl (C=O) groups excluding carboxylic acids is 1. The lowest BCUT2D eigenvalue weighted by atomic mass is 10.1. The zero-order valence-corrected chi connectivity index (χ0v) is 15.6. The standard InChI is InChI=1S/C18H36N4O2/c1-16(15-22-12-10-21(2)11-13-22)20-18(23)19-9-14-24-17-7-5-3-4-6-8-17/h16-17H,3-15H2,1-2H3,(H2,19,20,23)/t16-/m1/s1. The maximum absolute atomic E-state index is 11.9. The number of amides is 2. The summed E-state index contributed by atoms with van der Waals surface area (Å²) < 4.78 is 5.89. The van der Waals surface area contributed by atoms with Gasteiger partial charge < -0.3 is 20.3 Å². The smallest absolute Gasteiger partial charge is 0.315 e. The summed E-state index contributed by atoms with van der Waals surface area (Å²) in [5, 5.41) is 5.94. The van der Waals surface area contributed by atoms with E-state index in [-0.39, 0.29) is 12.1 Å². The summed E-state index contributed by atoms with van der Waals surface area (Å²) in [4.78, 5) is 16.7. The SMILES string of the molecule is C[C@H](CN1CCN(C)CC1)NC(=O)NCCOC1CCCCCC1. The molecule has 0 aromatic heterocycles. The molecule has 0 radical (unpaired) electrons. The summed E-state index contributed by atoms with van der Waals surface area (Å²) in [7, 11) is 2.16. The number of hydrogen-bond acceptors (Lipinski definition) is 4. The minimum absolute atomic E-state index is 0.0823. The van der Waals surface area contributed by atoms with Crippen LogP contribution in [0.15, 0.2) is 0 Å². The minimum Gasteiger partial charge on any atom is -0.376 e. The number of ether oxygens (including phenoxy) is 1. The van der Waals surface area contributed by atoms with Crippen molar-refractivity contribution in [2.45, 2.75) is 57.6 Å². The Labute approximate surface area is 147 Å². The first-order chi connectivity index (χ1) is 11.6. The van der Waals surface area contributed by atoms with Crippen molar-refractivity contribution >= 4 is 6.03 Å². The minimum atomic E-state index is -0.0823. The first kappa shape index (κ1) is 19.5. The van der Waals surface area contributed by atoms with Gasteiger partial charge in [0.25, 0.3) is 0 Å². The fourth-order valence-corrected chi connectivity index (χ4v) is 3.54. The summed E-state index contributed by atoms with van der Waals surface area (Å²) >= 11 is 0. The Hall–Kier alpha value is -0.850. The number of nitrogens with zero attached hydrogens (tertiary/aromatic N) is 2. The molecule has 2 N–H and O–H groups in total. The Kier molecular flexibility index (Phi) is 8.84. The number of rotatable bonds is 7. The molecule has 1 atom stereocenters. The van der Waals surface area contributed by atoms with Crippen molar-refractivity contribution in [2.24, 2.45) is 0 Å². The lowest BCUT2D eigenvalue weighted by Gasteiger charge is -2.34. The van der Waals surface area contributed by atoms with Crippen molar-refractivity contribution in [1.29, 1.82) is 0 Å². The van der Waals surface area contributed by atoms with E-state index < -0.39 is 0 Å². The van der Waals surface area contributed by atoms with Crippen molar-refractivity contribution in [3.05, 3.63) is 0 Å². The van der Waals surface area contributed by atoms with Crippen LogP contribution >= 0.6 is 0 Å². The van der Waals surface area contributed by atoms with Gasteiger partial charge in [-0.15, -0.1) is 0 Å². The largest absolute Gasteiger partial charge is 0.376 e. The van der Waals surface area contributed by atoms with E-state index in [1.165, 1.54) is 38.5 Å². The summed E-state index contributed by atoms with van der Waals surface area (Å²) in [5.41, 5.74) is 0. The molecule has 1 saturated heterocycles. The van der Waals surface area contributed by atoms with Crippen molar-refractivity contribution in [1.82, 2.24) is 20.4 Å². The molecule has 24 heavy (non-hydrogen) atoms. The number of likely N-dealkylation sites (N-methyl/N-ethyl adjacent to an activating group) is 1. The maximum atomic E-state index is 11.9. The van der Waals surface area contributed by atoms with Crippen LogP contribution in [0.4, 0.5) is 4.79 Å². The molecule has 6 heteroatoms. The zero-order valence-electron chi connectivity index (χ0n) is 15.6. The van der Waals surface area contributed by atoms with Gasteiger partial charge in [0.15, 0.2) is 0 Å². The van der Waals surface area contributed by atoms with Crippen molar-refractivity contribution < 1.29 is 9.53 Å². The van der Waals surface area contributed by atoms with Gasteiger partial charge in [0.2, 0.25) is 0 Å². The average molecular weight is 341 g/mol. The molecule has 0 spiro atoms. The highest BCUT2D eigenvalue weighted by molar-refractivity contribution is 5.74. The average Bonchev–Trinajstić information content (AvgIpc) is 2.82. The molecule has 0 bridgehead atoms. The number of piperazine rings is 1. The van der Waals surface area contributed by atoms with Crippen LogP contribution in [0.5, 0.6) is 0 Å². The second-order valence-corrected chi connectivity index (χ2v) is 7.39. The van der Waals surface area contributed by atoms with Crippen LogP contribution in [0.2, 0.25) is 0 Å². The molecule has 1 heterocycles. The lowest BCUT2D eigenvalue weighted by Crippen LogP contribution is -2.51. The van der Waals surface area contributed by atoms with Gasteiger partial charge in [-0.05, 0) is 26.8 Å². The van der Waals surface area contributed by atoms with Gasteiger partial charge in [0.05, 0.1) is 12.7 Å². The topological polar surface area (TPSA) is 56.8 Å². The van der Waals surface area contributed by atoms with E-state index in [1.54, 1.807) is 0 Å². The third kappa shape index (κ3) is 7.81. The molecule has 6 nitrogen and oxygen atoms in total. The Morgan fingerprint density at radius 1 is 1.12 bits per heavy atom. The molecular weight excluding hydrogens is 304 g/mol. The van der Waals surface area contributed by atoms with Gasteiger partial charge >= 0.3 is 6.03 Å². The maximum Gasteiger partial charge on any atom is 0.315 e. The van der Waals surface area contributed by atoms with E-state index >= 15 is 0 Å². The van der Waals surface area contributed by atoms with Crippen LogP contribution in [0.25, 0.3) is 0 Å². The first-order valence-electron chi connectivity index (χ1n) is 9.70. The molecule has 0 unspecified atom stereocenters. The third-order valence-electron chi connectivity index (χ3n) is 5.05. The van der Waals surface area contributed by atoms with Crippen molar-refractivity contribution in [3.63, 3.8) is 0 Å². The molecule has 2 amide bonds. The van der Waals surface area contributed by atoms with Gasteiger partial charge in [-0.25, -0.2) is 4.79 Å². The molecule has 2 rings (SSSR count). The van der Waals surface area contributed by atoms with Gasteiger partial charge in [0, 0.05) is 45.3 Å². The molecule has 1 saturated carbocycles. The Balaban J connectivity index is 1.50. The van der Waals surface area contributed by atoms with E-state index in [1.807, 2.05) is 0 Å². The van der Waals surface area contributed by atoms with Gasteiger partial charge in [-0.3, -0.25) is 4.90 Å². The summed E-state index contributed by atoms with van der Waals surface area (Å²) in [6, 6.07) is 0.0808. The van der Waals surface area contributed by atoms with E-state index in [0.29, 0.717) is 19.3 Å². The quantitative estimate of drug-likeness (QED) is 0.547. The van der Waals surface area contributed by atoms with Gasteiger partial charge in [-0.1, -0.05) is 25.7 Å². The molecular formula is C18H36N4O2. The van der Waals surface area contributed by atoms with Crippen LogP contribution in [0.1, 0.15) is 45.4 Å². The molecule has 0 aromatic rings. The number of hydrogen-bond donors (Lipinski definition) is 2. The van der Waals surface area contributed by atoms with E-state index in [2.05, 4.69) is 34.4 Å². The van der Waals surface area contributed by atoms with Gasteiger partial charge in [-0.2, -0.15) is 0 Å². The lowest BCUT2D eigenvalue weighted by molar-refractivity contribution is 0.0460. The summed E-state index contributed by atoms with van der Waals surface area (Å²) in [6.45, 7) is 8.57. The summed E-state index contributed by atoms with van der Waals surface area (Å²) in [6.07, 6.45) is 7.98. The Bertz CT molecular complexity index is 351. The number of carbonyl (C=O) groups is 1. The predicted octanol–water partition coefficient (Wildman–Crippen LogP) is 1.66. The third-order valence-corrected chi connectivity index (χ3v) is 5.05. The molecule has 140 valence electrons. The second kappa shape index (κ2) is 10.9. The highest BCUT2D eigenvalue weighted by atomic mass is 16.5. The highest BCUT2D eigenvalue weighted by Crippen LogP contribution is 2.19. The highest BCUT2D eigenvalue weighted by Gasteiger charge is 2.17. The predicted molar refractivity (Wildman–Crippen MR) is 97.4 cm³/mol. The molecule has 2 aliphatic rings. The monoisotopic (exact) mass is 340 g/mol. The van der Waals surface area contributed by atoms with Gasteiger partial charge in [0.1, 0.15) is 0 Å². The van der Waals surface area contributed by atoms with Crippen LogP contribution in [-0.4, -0.2) is 80.9 Å². The van der Waals surface area contributed by atoms with E-state index in [0.717, 1.165) is 32.7 Å². The molecule has 2 fully saturated rings. The van der Waals surface area contributed by atoms with Crippen molar-refractivity contribution in [3.8, 4) is 0 Å². The normalized spacial score (nSPS) is 22.8. The van der Waals surface area contributed by atoms with Crippen molar-refractivity contribution in [2.75, 3.05) is 52.9 Å². The van der Waals surface area contributed by atoms with Crippen LogP contribution < -0.4 is 10.6 Å². The fourth-order valence-electron chi connectivity index (χ4n) is 3.54. The van der Waals surface area contributed by atoms with Crippen LogP contribution in [0.3, 0.4) is 0 Å². The van der Waals surface area contributed by atoms with E-state index in [4.69, 9.17) is 4.74 Å². The molecule has 0 aromatic carbocycles. The van der Waals surface area contributed by atoms with E-state index in [9.17, 15) is 4.79 Å².